The molecule has 15 heteroatoms. The summed E-state index contributed by atoms with van der Waals surface area (Å²) in [6.07, 6.45) is 3.32. The van der Waals surface area contributed by atoms with E-state index in [0.29, 0.717) is 0 Å². The largest absolute Gasteiger partial charge is 3.00 e. The Morgan fingerprint density at radius 1 is 0.538 bits per heavy atom. The number of aliphatic imine (C=N–C) groups is 2. The number of nitrogens with zero attached hydrogens (tertiary/aromatic N) is 2. The maximum absolute atomic E-state index is 10.4. The molecule has 211 valence electrons. The molecule has 0 N–H and O–H groups in total. The molecule has 0 bridgehead atoms. The summed E-state index contributed by atoms with van der Waals surface area (Å²) in [6.45, 7) is 6.24. The van der Waals surface area contributed by atoms with Gasteiger partial charge in [-0.1, -0.05) is 53.1 Å². The summed E-state index contributed by atoms with van der Waals surface area (Å²) in [5.74, 6) is 0. The van der Waals surface area contributed by atoms with E-state index in [1.54, 1.807) is 49.0 Å². The average molecular weight is 638 g/mol. The molecule has 0 amide bonds. The van der Waals surface area contributed by atoms with Gasteiger partial charge in [-0.2, -0.15) is 0 Å². The minimum atomic E-state index is -4.27. The molecule has 0 aliphatic carbocycles. The summed E-state index contributed by atoms with van der Waals surface area (Å²) in [5, 5.41) is 0. The standard InChI is InChI=1S/3C7H8O3S.C3H4N2.Fe/c3*1-6-2-4-7(5-3-6)11(8,9)10;1-2-5-3-4-1;/h3*2-5H,1H3,(H,8,9,10);1,3H,2H2;/q;;;;+3/p-3. The second kappa shape index (κ2) is 16.4. The van der Waals surface area contributed by atoms with Gasteiger partial charge in [0.1, 0.15) is 36.7 Å². The normalized spacial score (nSPS) is 11.9. The molecule has 3 aromatic rings. The topological polar surface area (TPSA) is 196 Å². The van der Waals surface area contributed by atoms with Crippen LogP contribution < -0.4 is 0 Å². The van der Waals surface area contributed by atoms with Crippen molar-refractivity contribution in [1.29, 1.82) is 0 Å². The van der Waals surface area contributed by atoms with Gasteiger partial charge in [-0.05, 0) is 57.2 Å². The molecule has 0 saturated carbocycles. The van der Waals surface area contributed by atoms with Crippen molar-refractivity contribution in [3.63, 3.8) is 0 Å². The van der Waals surface area contributed by atoms with Gasteiger partial charge in [-0.15, -0.1) is 0 Å². The summed E-state index contributed by atoms with van der Waals surface area (Å²) in [5.41, 5.74) is 2.78. The molecular formula is C24H25FeN2O9S3. The first kappa shape index (κ1) is 36.2. The molecule has 1 heterocycles. The molecule has 1 aliphatic heterocycles. The van der Waals surface area contributed by atoms with E-state index in [0.717, 1.165) is 23.2 Å². The Balaban J connectivity index is 0.000000504. The van der Waals surface area contributed by atoms with Crippen LogP contribution in [0.25, 0.3) is 0 Å². The van der Waals surface area contributed by atoms with Crippen LogP contribution in [0.4, 0.5) is 0 Å². The molecule has 0 fully saturated rings. The number of benzene rings is 3. The van der Waals surface area contributed by atoms with Gasteiger partial charge in [0.15, 0.2) is 0 Å². The third kappa shape index (κ3) is 15.4. The van der Waals surface area contributed by atoms with Crippen molar-refractivity contribution < 1.29 is 56.0 Å². The zero-order chi connectivity index (χ0) is 29.0. The molecule has 0 aromatic heterocycles. The summed E-state index contributed by atoms with van der Waals surface area (Å²) in [7, 11) is -12.8. The van der Waals surface area contributed by atoms with E-state index in [4.69, 9.17) is 0 Å². The van der Waals surface area contributed by atoms with Gasteiger partial charge >= 0.3 is 17.1 Å². The predicted octanol–water partition coefficient (Wildman–Crippen LogP) is 2.79. The van der Waals surface area contributed by atoms with E-state index in [1.807, 2.05) is 20.8 Å². The molecule has 11 nitrogen and oxygen atoms in total. The number of aryl methyl sites for hydroxylation is 3. The van der Waals surface area contributed by atoms with Crippen molar-refractivity contribution in [2.45, 2.75) is 35.5 Å². The van der Waals surface area contributed by atoms with E-state index in [2.05, 4.69) is 9.98 Å². The van der Waals surface area contributed by atoms with Gasteiger partial charge < -0.3 is 13.7 Å². The first-order valence-corrected chi connectivity index (χ1v) is 14.8. The maximum Gasteiger partial charge on any atom is 3.00 e. The van der Waals surface area contributed by atoms with Gasteiger partial charge in [0.2, 0.25) is 0 Å². The van der Waals surface area contributed by atoms with Gasteiger partial charge in [0.05, 0.1) is 21.2 Å². The molecule has 1 aliphatic rings. The van der Waals surface area contributed by atoms with Crippen molar-refractivity contribution in [3.8, 4) is 0 Å². The van der Waals surface area contributed by atoms with Crippen LogP contribution in [0, 0.1) is 20.8 Å². The van der Waals surface area contributed by atoms with E-state index >= 15 is 0 Å². The Bertz CT molecular complexity index is 1370. The van der Waals surface area contributed by atoms with Crippen LogP contribution in [0.1, 0.15) is 16.7 Å². The molecular weight excluding hydrogens is 612 g/mol. The molecule has 0 spiro atoms. The zero-order valence-electron chi connectivity index (χ0n) is 20.9. The number of rotatable bonds is 3. The zero-order valence-corrected chi connectivity index (χ0v) is 24.5. The second-order valence-corrected chi connectivity index (χ2v) is 11.8. The molecule has 39 heavy (non-hydrogen) atoms. The minimum Gasteiger partial charge on any atom is -0.744 e. The van der Waals surface area contributed by atoms with E-state index in [-0.39, 0.29) is 31.8 Å². The molecule has 3 aromatic carbocycles. The smallest absolute Gasteiger partial charge is 0.744 e. The monoisotopic (exact) mass is 637 g/mol. The maximum atomic E-state index is 10.4. The average Bonchev–Trinajstić information content (AvgIpc) is 3.39. The predicted molar refractivity (Wildman–Crippen MR) is 139 cm³/mol. The summed E-state index contributed by atoms with van der Waals surface area (Å²) in [6, 6.07) is 17.3. The SMILES string of the molecule is C1=NC=NC1.Cc1ccc(S(=O)(=O)[O-])cc1.Cc1ccc(S(=O)(=O)[O-])cc1.Cc1ccc(S(=O)(=O)[O-])cc1.[Fe+3]. The van der Waals surface area contributed by atoms with E-state index in [9.17, 15) is 38.9 Å². The van der Waals surface area contributed by atoms with Crippen molar-refractivity contribution in [2.75, 3.05) is 6.54 Å². The first-order valence-electron chi connectivity index (χ1n) is 10.6. The van der Waals surface area contributed by atoms with Gasteiger partial charge in [-0.3, -0.25) is 4.99 Å². The molecule has 4 rings (SSSR count). The molecule has 1 radical (unpaired) electrons. The van der Waals surface area contributed by atoms with Gasteiger partial charge in [0.25, 0.3) is 0 Å². The van der Waals surface area contributed by atoms with Crippen LogP contribution >= 0.6 is 0 Å². The van der Waals surface area contributed by atoms with Crippen LogP contribution in [-0.2, 0) is 47.4 Å². The summed E-state index contributed by atoms with van der Waals surface area (Å²) < 4.78 is 93.5. The molecule has 0 atom stereocenters. The fraction of sp³-hybridized carbons (Fsp3) is 0.167. The van der Waals surface area contributed by atoms with Crippen LogP contribution in [0.2, 0.25) is 0 Å². The Labute approximate surface area is 239 Å². The van der Waals surface area contributed by atoms with Crippen LogP contribution in [0.5, 0.6) is 0 Å². The quantitative estimate of drug-likeness (QED) is 0.306. The van der Waals surface area contributed by atoms with Crippen molar-refractivity contribution in [2.24, 2.45) is 9.98 Å². The number of hydrogen-bond donors (Lipinski definition) is 0. The first-order chi connectivity index (χ1) is 17.5. The third-order valence-corrected chi connectivity index (χ3v) is 6.92. The van der Waals surface area contributed by atoms with Crippen LogP contribution in [-0.4, -0.2) is 58.0 Å². The Hall–Kier alpha value is -2.75. The fourth-order valence-electron chi connectivity index (χ4n) is 2.35. The minimum absolute atomic E-state index is 0. The van der Waals surface area contributed by atoms with Crippen molar-refractivity contribution >= 4 is 42.9 Å². The van der Waals surface area contributed by atoms with E-state index < -0.39 is 30.4 Å². The van der Waals surface area contributed by atoms with E-state index in [1.165, 1.54) is 36.4 Å². The Kier molecular flexibility index (Phi) is 15.2. The van der Waals surface area contributed by atoms with Crippen LogP contribution in [0.15, 0.2) is 97.5 Å². The fourth-order valence-corrected chi connectivity index (χ4v) is 3.76. The molecule has 0 saturated heterocycles. The summed E-state index contributed by atoms with van der Waals surface area (Å²) in [4.78, 5) is 6.87. The van der Waals surface area contributed by atoms with Gasteiger partial charge in [-0.25, -0.2) is 30.2 Å². The van der Waals surface area contributed by atoms with Crippen molar-refractivity contribution in [1.82, 2.24) is 0 Å². The second-order valence-electron chi connectivity index (χ2n) is 7.61. The van der Waals surface area contributed by atoms with Crippen molar-refractivity contribution in [3.05, 3.63) is 89.5 Å². The molecule has 0 unspecified atom stereocenters. The third-order valence-electron chi connectivity index (χ3n) is 4.37. The Morgan fingerprint density at radius 2 is 0.795 bits per heavy atom. The van der Waals surface area contributed by atoms with Crippen LogP contribution in [0.3, 0.4) is 0 Å². The summed E-state index contributed by atoms with van der Waals surface area (Å²) >= 11 is 0. The number of hydrogen-bond acceptors (Lipinski definition) is 11. The van der Waals surface area contributed by atoms with Gasteiger partial charge in [0, 0.05) is 6.21 Å². The Morgan fingerprint density at radius 3 is 0.923 bits per heavy atom.